The van der Waals surface area contributed by atoms with Crippen LogP contribution in [0.15, 0.2) is 0 Å². The predicted molar refractivity (Wildman–Crippen MR) is 78.3 cm³/mol. The van der Waals surface area contributed by atoms with Gasteiger partial charge in [-0.3, -0.25) is 9.89 Å². The Balaban J connectivity index is 1.73. The minimum Gasteiger partial charge on any atom is -0.395 e. The van der Waals surface area contributed by atoms with Gasteiger partial charge < -0.3 is 10.6 Å². The smallest absolute Gasteiger partial charge is 0.276 e. The SMILES string of the molecule is CCCc1[nH]nc(C(=O)N(CC2CC2)CC2CC2)c1N. The van der Waals surface area contributed by atoms with Crippen molar-refractivity contribution in [3.05, 3.63) is 11.4 Å². The highest BCUT2D eigenvalue weighted by Crippen LogP contribution is 2.34. The van der Waals surface area contributed by atoms with Crippen LogP contribution in [0.4, 0.5) is 5.69 Å². The summed E-state index contributed by atoms with van der Waals surface area (Å²) in [5, 5.41) is 7.10. The van der Waals surface area contributed by atoms with Gasteiger partial charge in [0.15, 0.2) is 5.69 Å². The van der Waals surface area contributed by atoms with Gasteiger partial charge in [-0.25, -0.2) is 0 Å². The molecule has 2 aliphatic carbocycles. The minimum atomic E-state index is 0.0138. The Morgan fingerprint density at radius 1 is 1.30 bits per heavy atom. The molecule has 110 valence electrons. The summed E-state index contributed by atoms with van der Waals surface area (Å²) in [6.07, 6.45) is 6.86. The zero-order valence-corrected chi connectivity index (χ0v) is 12.2. The zero-order chi connectivity index (χ0) is 14.1. The van der Waals surface area contributed by atoms with E-state index in [1.165, 1.54) is 25.7 Å². The monoisotopic (exact) mass is 276 g/mol. The number of carbonyl (C=O) groups excluding carboxylic acids is 1. The first-order valence-corrected chi connectivity index (χ1v) is 7.81. The molecular formula is C15H24N4O. The number of nitrogens with two attached hydrogens (primary N) is 1. The van der Waals surface area contributed by atoms with Crippen LogP contribution in [0, 0.1) is 11.8 Å². The van der Waals surface area contributed by atoms with Crippen molar-refractivity contribution in [2.45, 2.75) is 45.4 Å². The first-order chi connectivity index (χ1) is 9.69. The molecule has 3 N–H and O–H groups in total. The van der Waals surface area contributed by atoms with Crippen molar-refractivity contribution in [1.82, 2.24) is 15.1 Å². The number of anilines is 1. The number of amides is 1. The molecule has 0 atom stereocenters. The third kappa shape index (κ3) is 2.97. The summed E-state index contributed by atoms with van der Waals surface area (Å²) in [4.78, 5) is 14.7. The van der Waals surface area contributed by atoms with Crippen LogP contribution in [0.25, 0.3) is 0 Å². The van der Waals surface area contributed by atoms with Crippen molar-refractivity contribution < 1.29 is 4.79 Å². The number of H-pyrrole nitrogens is 1. The number of hydrogen-bond acceptors (Lipinski definition) is 3. The van der Waals surface area contributed by atoms with Crippen LogP contribution in [0.5, 0.6) is 0 Å². The molecule has 1 amide bonds. The Labute approximate surface area is 119 Å². The van der Waals surface area contributed by atoms with Crippen LogP contribution in [0.3, 0.4) is 0 Å². The molecule has 1 aromatic heterocycles. The number of hydrogen-bond donors (Lipinski definition) is 2. The van der Waals surface area contributed by atoms with E-state index in [0.29, 0.717) is 23.2 Å². The highest BCUT2D eigenvalue weighted by atomic mass is 16.2. The second-order valence-electron chi connectivity index (χ2n) is 6.31. The summed E-state index contributed by atoms with van der Waals surface area (Å²) in [5.74, 6) is 1.42. The summed E-state index contributed by atoms with van der Waals surface area (Å²) < 4.78 is 0. The molecule has 1 aromatic rings. The van der Waals surface area contributed by atoms with Gasteiger partial charge in [0.1, 0.15) is 0 Å². The Morgan fingerprint density at radius 2 is 1.90 bits per heavy atom. The fraction of sp³-hybridized carbons (Fsp3) is 0.733. The molecule has 5 heteroatoms. The molecule has 2 fully saturated rings. The maximum Gasteiger partial charge on any atom is 0.276 e. The van der Waals surface area contributed by atoms with Crippen molar-refractivity contribution in [3.63, 3.8) is 0 Å². The van der Waals surface area contributed by atoms with Crippen LogP contribution in [-0.4, -0.2) is 34.1 Å². The van der Waals surface area contributed by atoms with Gasteiger partial charge in [-0.2, -0.15) is 5.10 Å². The van der Waals surface area contributed by atoms with E-state index in [1.807, 2.05) is 4.90 Å². The first-order valence-electron chi connectivity index (χ1n) is 7.81. The van der Waals surface area contributed by atoms with Gasteiger partial charge in [0.2, 0.25) is 0 Å². The molecule has 1 heterocycles. The third-order valence-corrected chi connectivity index (χ3v) is 4.22. The quantitative estimate of drug-likeness (QED) is 0.801. The molecule has 5 nitrogen and oxygen atoms in total. The average Bonchev–Trinajstić information content (AvgIpc) is 3.33. The standard InChI is InChI=1S/C15H24N4O/c1-2-3-12-13(16)14(18-17-12)15(20)19(8-10-4-5-10)9-11-6-7-11/h10-11H,2-9,16H2,1H3,(H,17,18). The maximum absolute atomic E-state index is 12.7. The number of aromatic amines is 1. The molecular weight excluding hydrogens is 252 g/mol. The minimum absolute atomic E-state index is 0.0138. The average molecular weight is 276 g/mol. The topological polar surface area (TPSA) is 75.0 Å². The summed E-state index contributed by atoms with van der Waals surface area (Å²) in [6.45, 7) is 3.85. The Hall–Kier alpha value is -1.52. The number of carbonyl (C=O) groups is 1. The van der Waals surface area contributed by atoms with Gasteiger partial charge in [-0.05, 0) is 43.9 Å². The van der Waals surface area contributed by atoms with Crippen molar-refractivity contribution in [2.24, 2.45) is 11.8 Å². The van der Waals surface area contributed by atoms with E-state index in [-0.39, 0.29) is 5.91 Å². The Kier molecular flexibility index (Phi) is 3.68. The predicted octanol–water partition coefficient (Wildman–Crippen LogP) is 2.21. The molecule has 0 unspecified atom stereocenters. The normalized spacial score (nSPS) is 18.2. The molecule has 3 rings (SSSR count). The molecule has 0 aliphatic heterocycles. The largest absolute Gasteiger partial charge is 0.395 e. The highest BCUT2D eigenvalue weighted by molar-refractivity contribution is 5.97. The van der Waals surface area contributed by atoms with Gasteiger partial charge in [0.05, 0.1) is 11.4 Å². The zero-order valence-electron chi connectivity index (χ0n) is 12.2. The van der Waals surface area contributed by atoms with Crippen LogP contribution >= 0.6 is 0 Å². The lowest BCUT2D eigenvalue weighted by molar-refractivity contribution is 0.0734. The van der Waals surface area contributed by atoms with Gasteiger partial charge in [0, 0.05) is 13.1 Å². The molecule has 0 aromatic carbocycles. The summed E-state index contributed by atoms with van der Waals surface area (Å²) >= 11 is 0. The number of nitrogens with one attached hydrogen (secondary N) is 1. The molecule has 2 saturated carbocycles. The summed E-state index contributed by atoms with van der Waals surface area (Å²) in [6, 6.07) is 0. The molecule has 0 saturated heterocycles. The summed E-state index contributed by atoms with van der Waals surface area (Å²) in [7, 11) is 0. The maximum atomic E-state index is 12.7. The van der Waals surface area contributed by atoms with E-state index in [9.17, 15) is 4.79 Å². The van der Waals surface area contributed by atoms with Crippen molar-refractivity contribution in [3.8, 4) is 0 Å². The summed E-state index contributed by atoms with van der Waals surface area (Å²) in [5.41, 5.74) is 7.95. The Morgan fingerprint density at radius 3 is 2.40 bits per heavy atom. The Bertz CT molecular complexity index is 474. The van der Waals surface area contributed by atoms with Crippen LogP contribution < -0.4 is 5.73 Å². The van der Waals surface area contributed by atoms with Gasteiger partial charge in [-0.1, -0.05) is 13.3 Å². The highest BCUT2D eigenvalue weighted by Gasteiger charge is 2.33. The van der Waals surface area contributed by atoms with Crippen molar-refractivity contribution in [2.75, 3.05) is 18.8 Å². The van der Waals surface area contributed by atoms with Gasteiger partial charge in [-0.15, -0.1) is 0 Å². The molecule has 2 aliphatic rings. The van der Waals surface area contributed by atoms with Crippen molar-refractivity contribution in [1.29, 1.82) is 0 Å². The van der Waals surface area contributed by atoms with Crippen molar-refractivity contribution >= 4 is 11.6 Å². The van der Waals surface area contributed by atoms with E-state index >= 15 is 0 Å². The second kappa shape index (κ2) is 5.46. The number of nitrogens with zero attached hydrogens (tertiary/aromatic N) is 2. The molecule has 0 radical (unpaired) electrons. The first kappa shape index (κ1) is 13.5. The number of rotatable bonds is 7. The second-order valence-corrected chi connectivity index (χ2v) is 6.31. The molecule has 20 heavy (non-hydrogen) atoms. The van der Waals surface area contributed by atoms with Crippen LogP contribution in [0.2, 0.25) is 0 Å². The van der Waals surface area contributed by atoms with Crippen LogP contribution in [-0.2, 0) is 6.42 Å². The lowest BCUT2D eigenvalue weighted by Gasteiger charge is -2.21. The number of aryl methyl sites for hydroxylation is 1. The van der Waals surface area contributed by atoms with E-state index in [2.05, 4.69) is 17.1 Å². The van der Waals surface area contributed by atoms with E-state index < -0.39 is 0 Å². The van der Waals surface area contributed by atoms with Gasteiger partial charge in [0.25, 0.3) is 5.91 Å². The van der Waals surface area contributed by atoms with E-state index in [0.717, 1.165) is 31.6 Å². The van der Waals surface area contributed by atoms with E-state index in [4.69, 9.17) is 5.73 Å². The fourth-order valence-corrected chi connectivity index (χ4v) is 2.60. The molecule has 0 spiro atoms. The van der Waals surface area contributed by atoms with Gasteiger partial charge >= 0.3 is 0 Å². The van der Waals surface area contributed by atoms with E-state index in [1.54, 1.807) is 0 Å². The van der Waals surface area contributed by atoms with Crippen LogP contribution in [0.1, 0.15) is 55.2 Å². The number of aromatic nitrogens is 2. The lowest BCUT2D eigenvalue weighted by atomic mass is 10.2. The number of nitrogen functional groups attached to an aromatic ring is 1. The lowest BCUT2D eigenvalue weighted by Crippen LogP contribution is -2.35. The third-order valence-electron chi connectivity index (χ3n) is 4.22. The molecule has 0 bridgehead atoms. The fourth-order valence-electron chi connectivity index (χ4n) is 2.60.